The largest absolute Gasteiger partial charge is 0.480 e. The molecule has 17 heavy (non-hydrogen) atoms. The van der Waals surface area contributed by atoms with Gasteiger partial charge in [-0.05, 0) is 12.8 Å². The van der Waals surface area contributed by atoms with Crippen molar-refractivity contribution in [2.45, 2.75) is 45.7 Å². The van der Waals surface area contributed by atoms with E-state index in [1.165, 1.54) is 0 Å². The van der Waals surface area contributed by atoms with Gasteiger partial charge in [0.15, 0.2) is 0 Å². The second-order valence-electron chi connectivity index (χ2n) is 4.13. The molecule has 0 aromatic rings. The molecule has 5 heteroatoms. The Balaban J connectivity index is 4.32. The van der Waals surface area contributed by atoms with Gasteiger partial charge in [-0.25, -0.2) is 9.59 Å². The number of carboxylic acids is 1. The van der Waals surface area contributed by atoms with Gasteiger partial charge >= 0.3 is 12.0 Å². The standard InChI is InChI=1S/C12H20N2O3/c1-5-7-9(4)13-12(17)14-10(11(15)16)8(3)6-2/h1,8-10H,6-7H2,2-4H3,(H,15,16)(H2,13,14,17). The third-order valence-corrected chi connectivity index (χ3v) is 2.57. The molecule has 0 rings (SSSR count). The number of urea groups is 1. The van der Waals surface area contributed by atoms with Crippen LogP contribution in [0.1, 0.15) is 33.6 Å². The molecule has 3 N–H and O–H groups in total. The van der Waals surface area contributed by atoms with Crippen LogP contribution in [0.3, 0.4) is 0 Å². The van der Waals surface area contributed by atoms with E-state index in [4.69, 9.17) is 11.5 Å². The number of carbonyl (C=O) groups excluding carboxylic acids is 1. The predicted octanol–water partition coefficient (Wildman–Crippen LogP) is 1.20. The minimum absolute atomic E-state index is 0.124. The van der Waals surface area contributed by atoms with Gasteiger partial charge in [0.2, 0.25) is 0 Å². The van der Waals surface area contributed by atoms with Gasteiger partial charge in [-0.1, -0.05) is 20.3 Å². The Bertz CT molecular complexity index is 309. The first-order chi connectivity index (χ1) is 7.92. The summed E-state index contributed by atoms with van der Waals surface area (Å²) in [6.45, 7) is 5.42. The first-order valence-electron chi connectivity index (χ1n) is 5.65. The summed E-state index contributed by atoms with van der Waals surface area (Å²) >= 11 is 0. The second kappa shape index (κ2) is 7.55. The average molecular weight is 240 g/mol. The molecule has 2 amide bonds. The van der Waals surface area contributed by atoms with E-state index in [1.54, 1.807) is 13.8 Å². The van der Waals surface area contributed by atoms with E-state index < -0.39 is 18.0 Å². The van der Waals surface area contributed by atoms with Crippen LogP contribution in [0.15, 0.2) is 0 Å². The summed E-state index contributed by atoms with van der Waals surface area (Å²) < 4.78 is 0. The molecule has 0 spiro atoms. The first-order valence-corrected chi connectivity index (χ1v) is 5.65. The number of amides is 2. The van der Waals surface area contributed by atoms with Crippen molar-refractivity contribution >= 4 is 12.0 Å². The number of hydrogen-bond donors (Lipinski definition) is 3. The quantitative estimate of drug-likeness (QED) is 0.610. The lowest BCUT2D eigenvalue weighted by molar-refractivity contribution is -0.140. The van der Waals surface area contributed by atoms with Crippen LogP contribution < -0.4 is 10.6 Å². The number of terminal acetylenes is 1. The highest BCUT2D eigenvalue weighted by Gasteiger charge is 2.25. The molecule has 0 aliphatic carbocycles. The van der Waals surface area contributed by atoms with Crippen molar-refractivity contribution in [3.63, 3.8) is 0 Å². The Labute approximate surface area is 102 Å². The van der Waals surface area contributed by atoms with Gasteiger partial charge in [-0.3, -0.25) is 0 Å². The van der Waals surface area contributed by atoms with Crippen LogP contribution in [0, 0.1) is 18.3 Å². The van der Waals surface area contributed by atoms with Crippen molar-refractivity contribution in [2.75, 3.05) is 0 Å². The van der Waals surface area contributed by atoms with Crippen molar-refractivity contribution < 1.29 is 14.7 Å². The summed E-state index contributed by atoms with van der Waals surface area (Å²) in [5.74, 6) is 1.27. The molecule has 3 atom stereocenters. The summed E-state index contributed by atoms with van der Waals surface area (Å²) in [5.41, 5.74) is 0. The van der Waals surface area contributed by atoms with Crippen molar-refractivity contribution in [3.05, 3.63) is 0 Å². The van der Waals surface area contributed by atoms with Gasteiger partial charge in [-0.15, -0.1) is 12.3 Å². The van der Waals surface area contributed by atoms with Crippen molar-refractivity contribution in [1.29, 1.82) is 0 Å². The van der Waals surface area contributed by atoms with Gasteiger partial charge in [0.25, 0.3) is 0 Å². The van der Waals surface area contributed by atoms with Crippen LogP contribution in [0.2, 0.25) is 0 Å². The zero-order chi connectivity index (χ0) is 13.4. The van der Waals surface area contributed by atoms with Gasteiger partial charge < -0.3 is 15.7 Å². The number of carbonyl (C=O) groups is 2. The molecule has 0 saturated heterocycles. The highest BCUT2D eigenvalue weighted by atomic mass is 16.4. The maximum Gasteiger partial charge on any atom is 0.326 e. The summed E-state index contributed by atoms with van der Waals surface area (Å²) in [7, 11) is 0. The smallest absolute Gasteiger partial charge is 0.326 e. The molecule has 0 saturated carbocycles. The predicted molar refractivity (Wildman–Crippen MR) is 65.5 cm³/mol. The number of hydrogen-bond acceptors (Lipinski definition) is 2. The monoisotopic (exact) mass is 240 g/mol. The lowest BCUT2D eigenvalue weighted by atomic mass is 9.99. The van der Waals surface area contributed by atoms with E-state index in [2.05, 4.69) is 16.6 Å². The molecule has 0 aromatic carbocycles. The number of aliphatic carboxylic acids is 1. The van der Waals surface area contributed by atoms with Crippen LogP contribution in [0.25, 0.3) is 0 Å². The Morgan fingerprint density at radius 2 is 1.94 bits per heavy atom. The summed E-state index contributed by atoms with van der Waals surface area (Å²) in [6, 6.07) is -1.55. The fourth-order valence-electron chi connectivity index (χ4n) is 1.32. The fourth-order valence-corrected chi connectivity index (χ4v) is 1.32. The van der Waals surface area contributed by atoms with Crippen LogP contribution in [0.5, 0.6) is 0 Å². The highest BCUT2D eigenvalue weighted by molar-refractivity contribution is 5.82. The molecule has 0 aliphatic rings. The summed E-state index contributed by atoms with van der Waals surface area (Å²) in [5, 5.41) is 14.0. The molecule has 0 aromatic heterocycles. The zero-order valence-electron chi connectivity index (χ0n) is 10.5. The van der Waals surface area contributed by atoms with E-state index in [-0.39, 0.29) is 12.0 Å². The second-order valence-corrected chi connectivity index (χ2v) is 4.13. The summed E-state index contributed by atoms with van der Waals surface area (Å²) in [4.78, 5) is 22.5. The molecule has 0 radical (unpaired) electrons. The zero-order valence-corrected chi connectivity index (χ0v) is 10.5. The van der Waals surface area contributed by atoms with Gasteiger partial charge in [0.1, 0.15) is 6.04 Å². The molecular weight excluding hydrogens is 220 g/mol. The number of carboxylic acid groups (broad SMARTS) is 1. The normalized spacial score (nSPS) is 15.2. The van der Waals surface area contributed by atoms with E-state index in [0.717, 1.165) is 0 Å². The van der Waals surface area contributed by atoms with Crippen LogP contribution in [-0.4, -0.2) is 29.2 Å². The Kier molecular flexibility index (Phi) is 6.80. The van der Waals surface area contributed by atoms with E-state index in [1.807, 2.05) is 6.92 Å². The number of nitrogens with one attached hydrogen (secondary N) is 2. The lowest BCUT2D eigenvalue weighted by Crippen LogP contribution is -2.50. The lowest BCUT2D eigenvalue weighted by Gasteiger charge is -2.21. The average Bonchev–Trinajstić information content (AvgIpc) is 2.24. The van der Waals surface area contributed by atoms with Crippen molar-refractivity contribution in [1.82, 2.24) is 10.6 Å². The molecule has 0 aliphatic heterocycles. The molecule has 0 fully saturated rings. The van der Waals surface area contributed by atoms with Crippen LogP contribution in [-0.2, 0) is 4.79 Å². The van der Waals surface area contributed by atoms with Crippen molar-refractivity contribution in [3.8, 4) is 12.3 Å². The highest BCUT2D eigenvalue weighted by Crippen LogP contribution is 2.07. The SMILES string of the molecule is C#CCC(C)NC(=O)NC(C(=O)O)C(C)CC. The summed E-state index contributed by atoms with van der Waals surface area (Å²) in [6.07, 6.45) is 6.20. The minimum atomic E-state index is -1.03. The Morgan fingerprint density at radius 1 is 1.35 bits per heavy atom. The third kappa shape index (κ3) is 5.81. The molecule has 96 valence electrons. The fraction of sp³-hybridized carbons (Fsp3) is 0.667. The topological polar surface area (TPSA) is 78.4 Å². The molecular formula is C12H20N2O3. The maximum absolute atomic E-state index is 11.5. The molecule has 0 heterocycles. The van der Waals surface area contributed by atoms with Gasteiger partial charge in [0, 0.05) is 12.5 Å². The van der Waals surface area contributed by atoms with E-state index in [9.17, 15) is 9.59 Å². The third-order valence-electron chi connectivity index (χ3n) is 2.57. The van der Waals surface area contributed by atoms with E-state index >= 15 is 0 Å². The Morgan fingerprint density at radius 3 is 2.35 bits per heavy atom. The Hall–Kier alpha value is -1.70. The van der Waals surface area contributed by atoms with Gasteiger partial charge in [0.05, 0.1) is 0 Å². The maximum atomic E-state index is 11.5. The molecule has 5 nitrogen and oxygen atoms in total. The molecule has 0 bridgehead atoms. The molecule has 3 unspecified atom stereocenters. The van der Waals surface area contributed by atoms with Gasteiger partial charge in [-0.2, -0.15) is 0 Å². The minimum Gasteiger partial charge on any atom is -0.480 e. The van der Waals surface area contributed by atoms with Crippen molar-refractivity contribution in [2.24, 2.45) is 5.92 Å². The van der Waals surface area contributed by atoms with E-state index in [0.29, 0.717) is 12.8 Å². The number of rotatable bonds is 6. The van der Waals surface area contributed by atoms with Crippen LogP contribution >= 0.6 is 0 Å². The van der Waals surface area contributed by atoms with Crippen LogP contribution in [0.4, 0.5) is 4.79 Å². The first kappa shape index (κ1) is 15.3.